The van der Waals surface area contributed by atoms with Gasteiger partial charge in [-0.05, 0) is 65.7 Å². The Balaban J connectivity index is 1.41. The van der Waals surface area contributed by atoms with Crippen molar-refractivity contribution in [1.82, 2.24) is 5.43 Å². The number of benzene rings is 4. The zero-order valence-corrected chi connectivity index (χ0v) is 19.5. The minimum atomic E-state index is -0.526. The predicted molar refractivity (Wildman–Crippen MR) is 137 cm³/mol. The summed E-state index contributed by atoms with van der Waals surface area (Å²) in [6.07, 6.45) is 0. The Morgan fingerprint density at radius 2 is 1.74 bits per heavy atom. The van der Waals surface area contributed by atoms with E-state index in [9.17, 15) is 14.7 Å². The molecule has 0 heterocycles. The highest BCUT2D eigenvalue weighted by molar-refractivity contribution is 6.30. The van der Waals surface area contributed by atoms with Crippen LogP contribution in [0.1, 0.15) is 22.8 Å². The Hall–Kier alpha value is -4.36. The number of ether oxygens (including phenoxy) is 1. The molecule has 0 aliphatic rings. The summed E-state index contributed by atoms with van der Waals surface area (Å²) in [5.41, 5.74) is 4.43. The lowest BCUT2D eigenvalue weighted by Gasteiger charge is -2.10. The number of hydrogen-bond acceptors (Lipinski definition) is 5. The van der Waals surface area contributed by atoms with Crippen LogP contribution in [0.25, 0.3) is 10.8 Å². The maximum absolute atomic E-state index is 12.8. The van der Waals surface area contributed by atoms with Gasteiger partial charge in [0.15, 0.2) is 6.61 Å². The lowest BCUT2D eigenvalue weighted by molar-refractivity contribution is -0.118. The number of carbonyl (C=O) groups is 2. The smallest absolute Gasteiger partial charge is 0.275 e. The van der Waals surface area contributed by atoms with Gasteiger partial charge in [-0.15, -0.1) is 0 Å². The molecule has 0 saturated heterocycles. The molecule has 0 unspecified atom stereocenters. The number of hydrazone groups is 1. The standard InChI is InChI=1S/C27H22ClN3O4/c1-17(30-31-27(34)26-23-8-3-2-5-18(23)9-14-24(26)32)19-6-4-7-21(15-19)29-25(33)16-35-22-12-10-20(28)11-13-22/h2-15,32H,16H2,1H3,(H,29,33)(H,31,34)/b30-17-. The molecule has 0 aliphatic heterocycles. The van der Waals surface area contributed by atoms with Crippen LogP contribution in [0.4, 0.5) is 5.69 Å². The Labute approximate surface area is 207 Å². The molecule has 0 spiro atoms. The van der Waals surface area contributed by atoms with Crippen LogP contribution in [-0.4, -0.2) is 29.2 Å². The van der Waals surface area contributed by atoms with Gasteiger partial charge in [-0.1, -0.05) is 54.1 Å². The second kappa shape index (κ2) is 10.7. The monoisotopic (exact) mass is 487 g/mol. The van der Waals surface area contributed by atoms with Crippen molar-refractivity contribution in [3.63, 3.8) is 0 Å². The van der Waals surface area contributed by atoms with Gasteiger partial charge in [0, 0.05) is 10.7 Å². The number of hydrogen-bond donors (Lipinski definition) is 3. The van der Waals surface area contributed by atoms with E-state index < -0.39 is 5.91 Å². The maximum Gasteiger partial charge on any atom is 0.275 e. The molecule has 176 valence electrons. The molecule has 0 fully saturated rings. The molecule has 7 nitrogen and oxygen atoms in total. The summed E-state index contributed by atoms with van der Waals surface area (Å²) in [5.74, 6) is -0.442. The zero-order valence-electron chi connectivity index (χ0n) is 18.8. The van der Waals surface area contributed by atoms with Crippen molar-refractivity contribution in [3.8, 4) is 11.5 Å². The highest BCUT2D eigenvalue weighted by atomic mass is 35.5. The van der Waals surface area contributed by atoms with Crippen molar-refractivity contribution in [3.05, 3.63) is 101 Å². The first kappa shape index (κ1) is 23.8. The van der Waals surface area contributed by atoms with Gasteiger partial charge in [0.05, 0.1) is 11.3 Å². The van der Waals surface area contributed by atoms with Crippen molar-refractivity contribution in [1.29, 1.82) is 0 Å². The molecule has 3 N–H and O–H groups in total. The van der Waals surface area contributed by atoms with E-state index in [0.29, 0.717) is 33.1 Å². The molecular weight excluding hydrogens is 466 g/mol. The van der Waals surface area contributed by atoms with E-state index in [1.807, 2.05) is 12.1 Å². The van der Waals surface area contributed by atoms with Gasteiger partial charge in [-0.3, -0.25) is 9.59 Å². The normalized spacial score (nSPS) is 11.2. The molecule has 4 aromatic carbocycles. The Kier molecular flexibility index (Phi) is 7.28. The van der Waals surface area contributed by atoms with E-state index in [0.717, 1.165) is 5.39 Å². The third-order valence-electron chi connectivity index (χ3n) is 5.21. The van der Waals surface area contributed by atoms with E-state index >= 15 is 0 Å². The van der Waals surface area contributed by atoms with Crippen LogP contribution in [0.3, 0.4) is 0 Å². The molecule has 2 amide bonds. The first-order chi connectivity index (χ1) is 16.9. The number of phenols is 1. The van der Waals surface area contributed by atoms with Crippen LogP contribution >= 0.6 is 11.6 Å². The second-order valence-electron chi connectivity index (χ2n) is 7.69. The molecule has 0 bridgehead atoms. The molecular formula is C27H22ClN3O4. The van der Waals surface area contributed by atoms with Gasteiger partial charge in [0.2, 0.25) is 0 Å². The highest BCUT2D eigenvalue weighted by Gasteiger charge is 2.15. The SMILES string of the molecule is C/C(=N/NC(=O)c1c(O)ccc2ccccc12)c1cccc(NC(=O)COc2ccc(Cl)cc2)c1. The molecule has 0 atom stereocenters. The fourth-order valence-corrected chi connectivity index (χ4v) is 3.58. The summed E-state index contributed by atoms with van der Waals surface area (Å²) in [6, 6.07) is 24.3. The van der Waals surface area contributed by atoms with E-state index in [1.54, 1.807) is 73.7 Å². The first-order valence-corrected chi connectivity index (χ1v) is 11.1. The average molecular weight is 488 g/mol. The van der Waals surface area contributed by atoms with Gasteiger partial charge in [0.25, 0.3) is 11.8 Å². The Morgan fingerprint density at radius 3 is 2.54 bits per heavy atom. The molecule has 4 rings (SSSR count). The van der Waals surface area contributed by atoms with Crippen LogP contribution in [0, 0.1) is 0 Å². The molecule has 8 heteroatoms. The second-order valence-corrected chi connectivity index (χ2v) is 8.13. The van der Waals surface area contributed by atoms with Gasteiger partial charge >= 0.3 is 0 Å². The van der Waals surface area contributed by atoms with Crippen LogP contribution in [0.5, 0.6) is 11.5 Å². The van der Waals surface area contributed by atoms with Gasteiger partial charge in [-0.25, -0.2) is 5.43 Å². The van der Waals surface area contributed by atoms with Crippen molar-refractivity contribution in [2.45, 2.75) is 6.92 Å². The number of nitrogens with one attached hydrogen (secondary N) is 2. The molecule has 0 aromatic heterocycles. The number of amides is 2. The Bertz CT molecular complexity index is 1420. The summed E-state index contributed by atoms with van der Waals surface area (Å²) >= 11 is 5.84. The minimum absolute atomic E-state index is 0.125. The van der Waals surface area contributed by atoms with Gasteiger partial charge in [0.1, 0.15) is 11.5 Å². The van der Waals surface area contributed by atoms with Crippen molar-refractivity contribution >= 4 is 45.6 Å². The molecule has 0 radical (unpaired) electrons. The van der Waals surface area contributed by atoms with Gasteiger partial charge in [-0.2, -0.15) is 5.10 Å². The third kappa shape index (κ3) is 5.96. The molecule has 4 aromatic rings. The average Bonchev–Trinajstić information content (AvgIpc) is 2.87. The minimum Gasteiger partial charge on any atom is -0.507 e. The summed E-state index contributed by atoms with van der Waals surface area (Å²) in [5, 5.41) is 19.2. The van der Waals surface area contributed by atoms with E-state index in [1.165, 1.54) is 6.07 Å². The fourth-order valence-electron chi connectivity index (χ4n) is 3.45. The van der Waals surface area contributed by atoms with Crippen molar-refractivity contribution in [2.75, 3.05) is 11.9 Å². The topological polar surface area (TPSA) is 100 Å². The van der Waals surface area contributed by atoms with E-state index in [-0.39, 0.29) is 23.8 Å². The van der Waals surface area contributed by atoms with Crippen molar-refractivity contribution < 1.29 is 19.4 Å². The zero-order chi connectivity index (χ0) is 24.8. The third-order valence-corrected chi connectivity index (χ3v) is 5.46. The molecule has 35 heavy (non-hydrogen) atoms. The summed E-state index contributed by atoms with van der Waals surface area (Å²) in [6.45, 7) is 1.57. The predicted octanol–water partition coefficient (Wildman–Crippen LogP) is 5.37. The van der Waals surface area contributed by atoms with Crippen molar-refractivity contribution in [2.24, 2.45) is 5.10 Å². The quantitative estimate of drug-likeness (QED) is 0.241. The van der Waals surface area contributed by atoms with Crippen LogP contribution < -0.4 is 15.5 Å². The first-order valence-electron chi connectivity index (χ1n) is 10.7. The van der Waals surface area contributed by atoms with Crippen LogP contribution in [0.15, 0.2) is 90.0 Å². The number of halogens is 1. The maximum atomic E-state index is 12.8. The number of aromatic hydroxyl groups is 1. The summed E-state index contributed by atoms with van der Waals surface area (Å²) < 4.78 is 5.46. The van der Waals surface area contributed by atoms with Crippen LogP contribution in [-0.2, 0) is 4.79 Å². The molecule has 0 aliphatic carbocycles. The lowest BCUT2D eigenvalue weighted by Crippen LogP contribution is -2.21. The number of carbonyl (C=O) groups excluding carboxylic acids is 2. The number of rotatable bonds is 7. The van der Waals surface area contributed by atoms with E-state index in [2.05, 4.69) is 15.8 Å². The fraction of sp³-hybridized carbons (Fsp3) is 0.0741. The number of nitrogens with zero attached hydrogens (tertiary/aromatic N) is 1. The number of phenolic OH excluding ortho intramolecular Hbond substituents is 1. The summed E-state index contributed by atoms with van der Waals surface area (Å²) in [4.78, 5) is 25.1. The summed E-state index contributed by atoms with van der Waals surface area (Å²) in [7, 11) is 0. The van der Waals surface area contributed by atoms with Gasteiger partial charge < -0.3 is 15.2 Å². The molecule has 0 saturated carbocycles. The number of anilines is 1. The Morgan fingerprint density at radius 1 is 0.971 bits per heavy atom. The van der Waals surface area contributed by atoms with Crippen LogP contribution in [0.2, 0.25) is 5.02 Å². The highest BCUT2D eigenvalue weighted by Crippen LogP contribution is 2.27. The lowest BCUT2D eigenvalue weighted by atomic mass is 10.0. The van der Waals surface area contributed by atoms with E-state index in [4.69, 9.17) is 16.3 Å². The number of fused-ring (bicyclic) bond motifs is 1. The largest absolute Gasteiger partial charge is 0.507 e.